The highest BCUT2D eigenvalue weighted by Crippen LogP contribution is 2.22. The molecule has 0 unspecified atom stereocenters. The molecule has 2 rings (SSSR count). The minimum absolute atomic E-state index is 0. The van der Waals surface area contributed by atoms with Crippen LogP contribution in [0.2, 0.25) is 5.02 Å². The molecule has 1 nitrogen and oxygen atoms in total. The second-order valence-corrected chi connectivity index (χ2v) is 3.76. The zero-order valence-electron chi connectivity index (χ0n) is 7.59. The summed E-state index contributed by atoms with van der Waals surface area (Å²) in [4.78, 5) is 0. The average Bonchev–Trinajstić information content (AvgIpc) is 2.87. The van der Waals surface area contributed by atoms with Gasteiger partial charge in [0.25, 0.3) is 0 Å². The Labute approximate surface area is 94.1 Å². The summed E-state index contributed by atoms with van der Waals surface area (Å²) in [5, 5.41) is 3.74. The third kappa shape index (κ3) is 2.84. The third-order valence-electron chi connectivity index (χ3n) is 2.21. The Bertz CT molecular complexity index is 293. The molecule has 4 heteroatoms. The van der Waals surface area contributed by atoms with E-state index in [1.54, 1.807) is 12.1 Å². The quantitative estimate of drug-likeness (QED) is 0.849. The van der Waals surface area contributed by atoms with Crippen molar-refractivity contribution < 1.29 is 4.39 Å². The van der Waals surface area contributed by atoms with Crippen molar-refractivity contribution in [2.45, 2.75) is 25.4 Å². The Balaban J connectivity index is 0.000000980. The summed E-state index contributed by atoms with van der Waals surface area (Å²) in [5.41, 5.74) is 0.580. The lowest BCUT2D eigenvalue weighted by Crippen LogP contribution is -2.16. The van der Waals surface area contributed by atoms with Crippen molar-refractivity contribution in [3.8, 4) is 0 Å². The van der Waals surface area contributed by atoms with Crippen LogP contribution in [0, 0.1) is 5.82 Å². The number of hydrogen-bond acceptors (Lipinski definition) is 1. The largest absolute Gasteiger partial charge is 0.310 e. The van der Waals surface area contributed by atoms with E-state index in [0.29, 0.717) is 23.2 Å². The summed E-state index contributed by atoms with van der Waals surface area (Å²) in [6, 6.07) is 5.36. The van der Waals surface area contributed by atoms with Gasteiger partial charge in [-0.05, 0) is 25.0 Å². The van der Waals surface area contributed by atoms with Gasteiger partial charge in [0.1, 0.15) is 5.82 Å². The van der Waals surface area contributed by atoms with Crippen LogP contribution in [-0.2, 0) is 6.54 Å². The van der Waals surface area contributed by atoms with Crippen molar-refractivity contribution in [3.63, 3.8) is 0 Å². The van der Waals surface area contributed by atoms with Crippen molar-refractivity contribution in [2.24, 2.45) is 0 Å². The van der Waals surface area contributed by atoms with Crippen LogP contribution in [0.4, 0.5) is 4.39 Å². The van der Waals surface area contributed by atoms with Gasteiger partial charge in [-0.15, -0.1) is 12.4 Å². The van der Waals surface area contributed by atoms with E-state index < -0.39 is 0 Å². The van der Waals surface area contributed by atoms with E-state index in [4.69, 9.17) is 11.6 Å². The molecule has 0 radical (unpaired) electrons. The minimum Gasteiger partial charge on any atom is -0.310 e. The lowest BCUT2D eigenvalue weighted by Gasteiger charge is -2.06. The van der Waals surface area contributed by atoms with E-state index in [2.05, 4.69) is 5.32 Å². The lowest BCUT2D eigenvalue weighted by molar-refractivity contribution is 0.587. The van der Waals surface area contributed by atoms with E-state index in [1.165, 1.54) is 18.9 Å². The zero-order valence-corrected chi connectivity index (χ0v) is 9.17. The summed E-state index contributed by atoms with van der Waals surface area (Å²) >= 11 is 5.85. The Morgan fingerprint density at radius 1 is 1.43 bits per heavy atom. The van der Waals surface area contributed by atoms with Crippen LogP contribution in [0.25, 0.3) is 0 Å². The Kier molecular flexibility index (Phi) is 4.17. The lowest BCUT2D eigenvalue weighted by atomic mass is 10.2. The molecule has 0 amide bonds. The van der Waals surface area contributed by atoms with Crippen molar-refractivity contribution in [1.82, 2.24) is 5.32 Å². The first-order chi connectivity index (χ1) is 6.27. The molecule has 0 saturated heterocycles. The van der Waals surface area contributed by atoms with Gasteiger partial charge in [-0.2, -0.15) is 0 Å². The van der Waals surface area contributed by atoms with Gasteiger partial charge in [0.15, 0.2) is 0 Å². The molecule has 1 aromatic carbocycles. The second kappa shape index (κ2) is 4.96. The molecule has 0 atom stereocenters. The number of nitrogens with one attached hydrogen (secondary N) is 1. The summed E-state index contributed by atoms with van der Waals surface area (Å²) in [6.45, 7) is 0.538. The molecule has 0 heterocycles. The topological polar surface area (TPSA) is 12.0 Å². The normalized spacial score (nSPS) is 15.0. The van der Waals surface area contributed by atoms with Crippen LogP contribution in [-0.4, -0.2) is 6.04 Å². The van der Waals surface area contributed by atoms with Crippen molar-refractivity contribution in [1.29, 1.82) is 0 Å². The summed E-state index contributed by atoms with van der Waals surface area (Å²) in [6.07, 6.45) is 2.40. The fourth-order valence-corrected chi connectivity index (χ4v) is 1.46. The SMILES string of the molecule is Cl.Fc1cccc(Cl)c1CNC1CC1. The number of rotatable bonds is 3. The van der Waals surface area contributed by atoms with Gasteiger partial charge in [0, 0.05) is 23.2 Å². The van der Waals surface area contributed by atoms with E-state index in [9.17, 15) is 4.39 Å². The predicted molar refractivity (Wildman–Crippen MR) is 58.5 cm³/mol. The fraction of sp³-hybridized carbons (Fsp3) is 0.400. The fourth-order valence-electron chi connectivity index (χ4n) is 1.24. The van der Waals surface area contributed by atoms with Crippen molar-refractivity contribution in [3.05, 3.63) is 34.6 Å². The standard InChI is InChI=1S/C10H11ClFN.ClH/c11-9-2-1-3-10(12)8(9)6-13-7-4-5-7;/h1-3,7,13H,4-6H2;1H. The molecular formula is C10H12Cl2FN. The monoisotopic (exact) mass is 235 g/mol. The molecular weight excluding hydrogens is 224 g/mol. The number of benzene rings is 1. The molecule has 1 saturated carbocycles. The highest BCUT2D eigenvalue weighted by Gasteiger charge is 2.21. The first-order valence-corrected chi connectivity index (χ1v) is 4.81. The van der Waals surface area contributed by atoms with Crippen LogP contribution in [0.3, 0.4) is 0 Å². The molecule has 78 valence electrons. The van der Waals surface area contributed by atoms with E-state index in [-0.39, 0.29) is 18.2 Å². The van der Waals surface area contributed by atoms with Gasteiger partial charge >= 0.3 is 0 Å². The van der Waals surface area contributed by atoms with Crippen molar-refractivity contribution >= 4 is 24.0 Å². The van der Waals surface area contributed by atoms with Gasteiger partial charge in [-0.3, -0.25) is 0 Å². The van der Waals surface area contributed by atoms with E-state index in [1.807, 2.05) is 0 Å². The molecule has 0 aliphatic heterocycles. The van der Waals surface area contributed by atoms with E-state index in [0.717, 1.165) is 0 Å². The molecule has 1 aliphatic rings. The number of hydrogen-bond donors (Lipinski definition) is 1. The van der Waals surface area contributed by atoms with Crippen LogP contribution >= 0.6 is 24.0 Å². The van der Waals surface area contributed by atoms with Crippen LogP contribution in [0.15, 0.2) is 18.2 Å². The molecule has 1 aliphatic carbocycles. The summed E-state index contributed by atoms with van der Waals surface area (Å²) in [5.74, 6) is -0.222. The Morgan fingerprint density at radius 2 is 2.14 bits per heavy atom. The first-order valence-electron chi connectivity index (χ1n) is 4.43. The smallest absolute Gasteiger partial charge is 0.129 e. The van der Waals surface area contributed by atoms with Gasteiger partial charge in [-0.25, -0.2) is 4.39 Å². The van der Waals surface area contributed by atoms with Gasteiger partial charge in [-0.1, -0.05) is 17.7 Å². The van der Waals surface area contributed by atoms with Crippen LogP contribution in [0.5, 0.6) is 0 Å². The van der Waals surface area contributed by atoms with Crippen molar-refractivity contribution in [2.75, 3.05) is 0 Å². The number of halogens is 3. The van der Waals surface area contributed by atoms with Crippen LogP contribution < -0.4 is 5.32 Å². The molecule has 14 heavy (non-hydrogen) atoms. The summed E-state index contributed by atoms with van der Waals surface area (Å²) < 4.78 is 13.2. The molecule has 0 spiro atoms. The highest BCUT2D eigenvalue weighted by atomic mass is 35.5. The third-order valence-corrected chi connectivity index (χ3v) is 2.56. The Morgan fingerprint density at radius 3 is 2.71 bits per heavy atom. The molecule has 1 aromatic rings. The molecule has 0 aromatic heterocycles. The summed E-state index contributed by atoms with van der Waals surface area (Å²) in [7, 11) is 0. The maximum Gasteiger partial charge on any atom is 0.129 e. The van der Waals surface area contributed by atoms with Crippen LogP contribution in [0.1, 0.15) is 18.4 Å². The minimum atomic E-state index is -0.222. The predicted octanol–water partition coefficient (Wildman–Crippen LogP) is 3.15. The van der Waals surface area contributed by atoms with Gasteiger partial charge in [0.05, 0.1) is 0 Å². The van der Waals surface area contributed by atoms with E-state index >= 15 is 0 Å². The molecule has 1 N–H and O–H groups in total. The average molecular weight is 236 g/mol. The maximum absolute atomic E-state index is 13.2. The molecule has 1 fully saturated rings. The highest BCUT2D eigenvalue weighted by molar-refractivity contribution is 6.31. The van der Waals surface area contributed by atoms with Gasteiger partial charge in [0.2, 0.25) is 0 Å². The molecule has 0 bridgehead atoms. The zero-order chi connectivity index (χ0) is 9.26. The maximum atomic E-state index is 13.2. The van der Waals surface area contributed by atoms with Gasteiger partial charge < -0.3 is 5.32 Å². The first kappa shape index (κ1) is 11.8. The second-order valence-electron chi connectivity index (χ2n) is 3.36. The Hall–Kier alpha value is -0.310.